The van der Waals surface area contributed by atoms with Gasteiger partial charge in [-0.2, -0.15) is 0 Å². The van der Waals surface area contributed by atoms with E-state index in [-0.39, 0.29) is 0 Å². The fourth-order valence-electron chi connectivity index (χ4n) is 4.14. The Labute approximate surface area is 170 Å². The number of amides is 1. The summed E-state index contributed by atoms with van der Waals surface area (Å²) < 4.78 is 0. The SMILES string of the molecule is CC(C)(C)[C@](NC(=O)O)(c1ccccc1)C(O)(c1cccnc1)c1cccnc1. The Morgan fingerprint density at radius 3 is 1.69 bits per heavy atom. The maximum absolute atomic E-state index is 12.5. The third kappa shape index (κ3) is 3.36. The van der Waals surface area contributed by atoms with Gasteiger partial charge in [0.1, 0.15) is 11.1 Å². The van der Waals surface area contributed by atoms with Crippen LogP contribution in [0, 0.1) is 5.41 Å². The number of rotatable bonds is 5. The molecule has 0 saturated heterocycles. The van der Waals surface area contributed by atoms with Crippen molar-refractivity contribution in [2.45, 2.75) is 31.9 Å². The van der Waals surface area contributed by atoms with Gasteiger partial charge in [-0.25, -0.2) is 4.79 Å². The van der Waals surface area contributed by atoms with E-state index in [1.54, 1.807) is 49.1 Å². The number of aliphatic hydroxyl groups is 1. The number of aromatic nitrogens is 2. The van der Waals surface area contributed by atoms with Crippen LogP contribution in [-0.2, 0) is 11.1 Å². The molecule has 6 heteroatoms. The molecule has 0 spiro atoms. The van der Waals surface area contributed by atoms with Crippen LogP contribution < -0.4 is 5.32 Å². The summed E-state index contributed by atoms with van der Waals surface area (Å²) in [4.78, 5) is 20.5. The fourth-order valence-corrected chi connectivity index (χ4v) is 4.14. The first-order valence-corrected chi connectivity index (χ1v) is 9.33. The summed E-state index contributed by atoms with van der Waals surface area (Å²) in [5.41, 5.74) is -2.47. The molecular formula is C23H25N3O3. The van der Waals surface area contributed by atoms with Gasteiger partial charge in [0.05, 0.1) is 0 Å². The maximum Gasteiger partial charge on any atom is 0.405 e. The summed E-state index contributed by atoms with van der Waals surface area (Å²) in [5, 5.41) is 25.1. The Morgan fingerprint density at radius 1 is 0.828 bits per heavy atom. The minimum atomic E-state index is -1.80. The van der Waals surface area contributed by atoms with Crippen molar-refractivity contribution < 1.29 is 15.0 Å². The highest BCUT2D eigenvalue weighted by atomic mass is 16.4. The summed E-state index contributed by atoms with van der Waals surface area (Å²) >= 11 is 0. The number of hydrogen-bond donors (Lipinski definition) is 3. The maximum atomic E-state index is 12.5. The highest BCUT2D eigenvalue weighted by molar-refractivity contribution is 5.68. The number of carboxylic acid groups (broad SMARTS) is 1. The van der Waals surface area contributed by atoms with Crippen LogP contribution in [0.15, 0.2) is 79.4 Å². The Kier molecular flexibility index (Phi) is 5.40. The number of carbonyl (C=O) groups is 1. The van der Waals surface area contributed by atoms with E-state index in [1.807, 2.05) is 51.1 Å². The Balaban J connectivity index is 2.49. The second-order valence-corrected chi connectivity index (χ2v) is 7.99. The standard InChI is InChI=1S/C23H25N3O3/c1-21(2,3)23(26-20(27)28,17-9-5-4-6-10-17)22(29,18-11-7-13-24-15-18)19-12-8-14-25-16-19/h4-16,26,29H,1-3H3,(H,27,28)/t23-/m1/s1. The zero-order chi connectivity index (χ0) is 21.1. The molecule has 6 nitrogen and oxygen atoms in total. The van der Waals surface area contributed by atoms with E-state index in [2.05, 4.69) is 15.3 Å². The molecule has 0 fully saturated rings. The van der Waals surface area contributed by atoms with Gasteiger partial charge in [-0.1, -0.05) is 63.2 Å². The molecule has 0 bridgehead atoms. The van der Waals surface area contributed by atoms with Crippen LogP contribution in [0.4, 0.5) is 4.79 Å². The number of benzene rings is 1. The molecular weight excluding hydrogens is 366 g/mol. The molecule has 29 heavy (non-hydrogen) atoms. The van der Waals surface area contributed by atoms with Crippen molar-refractivity contribution in [3.8, 4) is 0 Å². The minimum Gasteiger partial charge on any atom is -0.465 e. The highest BCUT2D eigenvalue weighted by Gasteiger charge is 2.61. The molecule has 0 aliphatic carbocycles. The van der Waals surface area contributed by atoms with Crippen molar-refractivity contribution >= 4 is 6.09 Å². The van der Waals surface area contributed by atoms with E-state index in [1.165, 1.54) is 0 Å². The first-order valence-electron chi connectivity index (χ1n) is 9.33. The molecule has 3 N–H and O–H groups in total. The molecule has 2 aromatic heterocycles. The second-order valence-electron chi connectivity index (χ2n) is 7.99. The van der Waals surface area contributed by atoms with E-state index in [4.69, 9.17) is 0 Å². The van der Waals surface area contributed by atoms with Gasteiger partial charge in [-0.15, -0.1) is 0 Å². The fraction of sp³-hybridized carbons (Fsp3) is 0.261. The Bertz CT molecular complexity index is 917. The van der Waals surface area contributed by atoms with Crippen molar-refractivity contribution in [2.24, 2.45) is 5.41 Å². The summed E-state index contributed by atoms with van der Waals surface area (Å²) in [6.45, 7) is 5.69. The molecule has 0 radical (unpaired) electrons. The average molecular weight is 391 g/mol. The van der Waals surface area contributed by atoms with Crippen LogP contribution in [-0.4, -0.2) is 26.3 Å². The first kappa shape index (κ1) is 20.5. The molecule has 0 saturated carbocycles. The van der Waals surface area contributed by atoms with Gasteiger partial charge in [0.2, 0.25) is 0 Å². The molecule has 0 unspecified atom stereocenters. The lowest BCUT2D eigenvalue weighted by Crippen LogP contribution is -2.66. The summed E-state index contributed by atoms with van der Waals surface area (Å²) in [7, 11) is 0. The van der Waals surface area contributed by atoms with E-state index >= 15 is 0 Å². The van der Waals surface area contributed by atoms with Crippen molar-refractivity contribution in [1.29, 1.82) is 0 Å². The van der Waals surface area contributed by atoms with E-state index in [9.17, 15) is 15.0 Å². The number of hydrogen-bond acceptors (Lipinski definition) is 4. The topological polar surface area (TPSA) is 95.3 Å². The lowest BCUT2D eigenvalue weighted by atomic mass is 9.56. The Morgan fingerprint density at radius 2 is 1.31 bits per heavy atom. The third-order valence-electron chi connectivity index (χ3n) is 5.33. The number of nitrogens with zero attached hydrogens (tertiary/aromatic N) is 2. The van der Waals surface area contributed by atoms with Gasteiger partial charge < -0.3 is 15.5 Å². The lowest BCUT2D eigenvalue weighted by Gasteiger charge is -2.55. The number of nitrogens with one attached hydrogen (secondary N) is 1. The molecule has 3 rings (SSSR count). The highest BCUT2D eigenvalue weighted by Crippen LogP contribution is 2.54. The van der Waals surface area contributed by atoms with Gasteiger partial charge in [-0.05, 0) is 23.1 Å². The van der Waals surface area contributed by atoms with Gasteiger partial charge in [0, 0.05) is 35.9 Å². The van der Waals surface area contributed by atoms with Crippen LogP contribution in [0.1, 0.15) is 37.5 Å². The molecule has 0 aliphatic heterocycles. The Hall–Kier alpha value is -3.25. The monoisotopic (exact) mass is 391 g/mol. The van der Waals surface area contributed by atoms with E-state index in [0.717, 1.165) is 0 Å². The van der Waals surface area contributed by atoms with Crippen molar-refractivity contribution in [3.05, 3.63) is 96.1 Å². The van der Waals surface area contributed by atoms with Crippen LogP contribution >= 0.6 is 0 Å². The van der Waals surface area contributed by atoms with Crippen molar-refractivity contribution in [3.63, 3.8) is 0 Å². The molecule has 1 atom stereocenters. The normalized spacial score (nSPS) is 14.1. The summed E-state index contributed by atoms with van der Waals surface area (Å²) in [5.74, 6) is 0. The third-order valence-corrected chi connectivity index (χ3v) is 5.33. The number of pyridine rings is 2. The average Bonchev–Trinajstić information content (AvgIpc) is 2.72. The van der Waals surface area contributed by atoms with Crippen molar-refractivity contribution in [1.82, 2.24) is 15.3 Å². The largest absolute Gasteiger partial charge is 0.465 e. The predicted octanol–water partition coefficient (Wildman–Crippen LogP) is 3.92. The second kappa shape index (κ2) is 7.64. The zero-order valence-electron chi connectivity index (χ0n) is 16.7. The molecule has 1 amide bonds. The van der Waals surface area contributed by atoms with E-state index in [0.29, 0.717) is 16.7 Å². The van der Waals surface area contributed by atoms with Crippen LogP contribution in [0.2, 0.25) is 0 Å². The van der Waals surface area contributed by atoms with Crippen LogP contribution in [0.25, 0.3) is 0 Å². The smallest absolute Gasteiger partial charge is 0.405 e. The van der Waals surface area contributed by atoms with Gasteiger partial charge in [0.15, 0.2) is 0 Å². The molecule has 1 aromatic carbocycles. The molecule has 150 valence electrons. The van der Waals surface area contributed by atoms with E-state index < -0.39 is 22.6 Å². The summed E-state index contributed by atoms with van der Waals surface area (Å²) in [6.07, 6.45) is 5.09. The van der Waals surface area contributed by atoms with Crippen LogP contribution in [0.5, 0.6) is 0 Å². The minimum absolute atomic E-state index is 0.459. The van der Waals surface area contributed by atoms with Crippen LogP contribution in [0.3, 0.4) is 0 Å². The molecule has 3 aromatic rings. The van der Waals surface area contributed by atoms with Gasteiger partial charge in [0.25, 0.3) is 0 Å². The predicted molar refractivity (Wildman–Crippen MR) is 110 cm³/mol. The molecule has 2 heterocycles. The quantitative estimate of drug-likeness (QED) is 0.613. The van der Waals surface area contributed by atoms with Gasteiger partial charge >= 0.3 is 6.09 Å². The zero-order valence-corrected chi connectivity index (χ0v) is 16.7. The van der Waals surface area contributed by atoms with Gasteiger partial charge in [-0.3, -0.25) is 9.97 Å². The lowest BCUT2D eigenvalue weighted by molar-refractivity contribution is -0.0811. The van der Waals surface area contributed by atoms with Crippen molar-refractivity contribution in [2.75, 3.05) is 0 Å². The molecule has 0 aliphatic rings. The summed E-state index contributed by atoms with van der Waals surface area (Å²) in [6, 6.07) is 16.1. The first-order chi connectivity index (χ1) is 13.7.